The predicted molar refractivity (Wildman–Crippen MR) is 111 cm³/mol. The normalized spacial score (nSPS) is 52.0. The van der Waals surface area contributed by atoms with Crippen LogP contribution in [0.4, 0.5) is 0 Å². The van der Waals surface area contributed by atoms with Crippen molar-refractivity contribution in [1.29, 1.82) is 0 Å². The van der Waals surface area contributed by atoms with E-state index in [2.05, 4.69) is 22.9 Å². The molecule has 0 aromatic heterocycles. The number of alkyl halides is 1. The second-order valence-corrected chi connectivity index (χ2v) is 11.3. The van der Waals surface area contributed by atoms with Gasteiger partial charge < -0.3 is 9.84 Å². The van der Waals surface area contributed by atoms with E-state index in [1.54, 1.807) is 0 Å². The molecule has 0 saturated heterocycles. The molecule has 0 radical (unpaired) electrons. The minimum absolute atomic E-state index is 0.218. The minimum atomic E-state index is -0.527. The van der Waals surface area contributed by atoms with Crippen LogP contribution in [0.3, 0.4) is 0 Å². The maximum absolute atomic E-state index is 12.6. The zero-order chi connectivity index (χ0) is 19.4. The molecule has 2 unspecified atom stereocenters. The van der Waals surface area contributed by atoms with Gasteiger partial charge in [0.25, 0.3) is 0 Å². The lowest BCUT2D eigenvalue weighted by Crippen LogP contribution is -2.54. The lowest BCUT2D eigenvalue weighted by Gasteiger charge is -2.58. The van der Waals surface area contributed by atoms with E-state index in [4.69, 9.17) is 4.74 Å². The summed E-state index contributed by atoms with van der Waals surface area (Å²) in [4.78, 5) is 12.6. The maximum Gasteiger partial charge on any atom is 0.147 e. The van der Waals surface area contributed by atoms with E-state index < -0.39 is 5.60 Å². The fraction of sp³-hybridized carbons (Fsp3) is 0.957. The minimum Gasteiger partial charge on any atom is -0.390 e. The van der Waals surface area contributed by atoms with Crippen LogP contribution in [0, 0.1) is 46.8 Å². The van der Waals surface area contributed by atoms with Crippen LogP contribution < -0.4 is 0 Å². The van der Waals surface area contributed by atoms with Gasteiger partial charge >= 0.3 is 0 Å². The Labute approximate surface area is 173 Å². The average molecular weight is 441 g/mol. The van der Waals surface area contributed by atoms with Gasteiger partial charge in [-0.05, 0) is 99.2 Å². The molecule has 154 valence electrons. The van der Waals surface area contributed by atoms with Gasteiger partial charge in [0.1, 0.15) is 5.78 Å². The molecule has 0 aromatic rings. The van der Waals surface area contributed by atoms with Crippen LogP contribution in [0.25, 0.3) is 0 Å². The topological polar surface area (TPSA) is 46.5 Å². The quantitative estimate of drug-likeness (QED) is 0.635. The van der Waals surface area contributed by atoms with Gasteiger partial charge in [0, 0.05) is 19.6 Å². The van der Waals surface area contributed by atoms with Gasteiger partial charge in [-0.3, -0.25) is 4.79 Å². The van der Waals surface area contributed by atoms with E-state index in [9.17, 15) is 9.90 Å². The van der Waals surface area contributed by atoms with Crippen molar-refractivity contribution in [2.45, 2.75) is 70.8 Å². The van der Waals surface area contributed by atoms with Crippen LogP contribution in [0.15, 0.2) is 0 Å². The molecule has 1 N–H and O–H groups in total. The summed E-state index contributed by atoms with van der Waals surface area (Å²) in [5, 5.41) is 11.3. The number of hydrogen-bond acceptors (Lipinski definition) is 3. The number of Topliss-reactive ketones (excluding diaryl/α,β-unsaturated/α-hetero) is 1. The monoisotopic (exact) mass is 440 g/mol. The molecule has 0 spiro atoms. The molecule has 27 heavy (non-hydrogen) atoms. The van der Waals surface area contributed by atoms with Crippen LogP contribution in [0.1, 0.15) is 65.2 Å². The van der Waals surface area contributed by atoms with E-state index in [-0.39, 0.29) is 11.3 Å². The molecule has 4 saturated carbocycles. The number of ether oxygens (including phenoxy) is 1. The van der Waals surface area contributed by atoms with Crippen LogP contribution in [0.2, 0.25) is 0 Å². The maximum atomic E-state index is 12.6. The van der Waals surface area contributed by atoms with E-state index >= 15 is 0 Å². The van der Waals surface area contributed by atoms with Crippen molar-refractivity contribution < 1.29 is 14.6 Å². The molecule has 0 amide bonds. The van der Waals surface area contributed by atoms with Crippen LogP contribution in [-0.2, 0) is 9.53 Å². The second-order valence-electron chi connectivity index (χ2n) is 10.7. The number of fused-ring (bicyclic) bond motifs is 5. The summed E-state index contributed by atoms with van der Waals surface area (Å²) in [5.41, 5.74) is -0.309. The molecule has 0 heterocycles. The molecule has 4 aliphatic rings. The number of rotatable bonds is 4. The summed E-state index contributed by atoms with van der Waals surface area (Å²) >= 11 is 3.43. The Kier molecular flexibility index (Phi) is 5.57. The molecule has 4 fully saturated rings. The molecule has 9 atom stereocenters. The Balaban J connectivity index is 1.59. The van der Waals surface area contributed by atoms with Crippen LogP contribution >= 0.6 is 15.9 Å². The number of hydrogen-bond donors (Lipinski definition) is 1. The van der Waals surface area contributed by atoms with Crippen molar-refractivity contribution in [3.05, 3.63) is 0 Å². The van der Waals surface area contributed by atoms with E-state index in [1.165, 1.54) is 32.1 Å². The standard InChI is InChI=1S/C23H37BrO3/c1-22(26)10-14-4-5-16-17(21(14)15(11-22)13-27-3)8-9-23(2)18(16)6-7-19(23)20(25)12-24/h14-19,21,26H,4-13H2,1-3H3/t14-,15?,16+,17-,18-,19+,21?,22-,23-/m0/s1. The van der Waals surface area contributed by atoms with Gasteiger partial charge in [0.05, 0.1) is 10.9 Å². The van der Waals surface area contributed by atoms with Gasteiger partial charge in [-0.25, -0.2) is 0 Å². The predicted octanol–water partition coefficient (Wildman–Crippen LogP) is 4.84. The molecule has 4 rings (SSSR count). The average Bonchev–Trinajstić information content (AvgIpc) is 2.97. The van der Waals surface area contributed by atoms with Crippen molar-refractivity contribution in [1.82, 2.24) is 0 Å². The molecule has 4 heteroatoms. The van der Waals surface area contributed by atoms with Crippen LogP contribution in [0.5, 0.6) is 0 Å². The van der Waals surface area contributed by atoms with Crippen molar-refractivity contribution in [3.8, 4) is 0 Å². The first-order chi connectivity index (χ1) is 12.8. The SMILES string of the molecule is COCC1C[C@@](C)(O)C[C@@H]2CC[C@@H]3[C@H](CC[C@]4(C)[C@@H](C(=O)CBr)CC[C@@H]34)C12. The van der Waals surface area contributed by atoms with Gasteiger partial charge in [-0.2, -0.15) is 0 Å². The fourth-order valence-corrected chi connectivity index (χ4v) is 8.88. The Hall–Kier alpha value is 0.0700. The number of halogens is 1. The summed E-state index contributed by atoms with van der Waals surface area (Å²) in [6, 6.07) is 0. The van der Waals surface area contributed by atoms with Gasteiger partial charge in [-0.1, -0.05) is 22.9 Å². The molecular weight excluding hydrogens is 404 g/mol. The lowest BCUT2D eigenvalue weighted by atomic mass is 9.47. The van der Waals surface area contributed by atoms with Gasteiger partial charge in [0.15, 0.2) is 0 Å². The molecule has 0 aromatic carbocycles. The number of methoxy groups -OCH3 is 1. The third-order valence-corrected chi connectivity index (χ3v) is 9.80. The zero-order valence-electron chi connectivity index (χ0n) is 17.3. The van der Waals surface area contributed by atoms with Gasteiger partial charge in [-0.15, -0.1) is 0 Å². The molecular formula is C23H37BrO3. The number of carbonyl (C=O) groups is 1. The molecule has 4 aliphatic carbocycles. The van der Waals surface area contributed by atoms with E-state index in [0.717, 1.165) is 43.6 Å². The summed E-state index contributed by atoms with van der Waals surface area (Å²) in [7, 11) is 1.81. The highest BCUT2D eigenvalue weighted by molar-refractivity contribution is 9.09. The Morgan fingerprint density at radius 3 is 2.59 bits per heavy atom. The summed E-state index contributed by atoms with van der Waals surface area (Å²) in [6.45, 7) is 5.24. The second kappa shape index (κ2) is 7.40. The summed E-state index contributed by atoms with van der Waals surface area (Å²) < 4.78 is 5.61. The highest BCUT2D eigenvalue weighted by Gasteiger charge is 2.59. The molecule has 0 aliphatic heterocycles. The highest BCUT2D eigenvalue weighted by atomic mass is 79.9. The number of ketones is 1. The first-order valence-electron chi connectivity index (χ1n) is 11.1. The van der Waals surface area contributed by atoms with Gasteiger partial charge in [0.2, 0.25) is 0 Å². The largest absolute Gasteiger partial charge is 0.390 e. The van der Waals surface area contributed by atoms with Crippen molar-refractivity contribution >= 4 is 21.7 Å². The van der Waals surface area contributed by atoms with Crippen molar-refractivity contribution in [2.75, 3.05) is 19.0 Å². The van der Waals surface area contributed by atoms with Crippen LogP contribution in [-0.4, -0.2) is 35.5 Å². The fourth-order valence-electron chi connectivity index (χ4n) is 8.49. The number of aliphatic hydroxyl groups is 1. The van der Waals surface area contributed by atoms with Crippen molar-refractivity contribution in [3.63, 3.8) is 0 Å². The summed E-state index contributed by atoms with van der Waals surface area (Å²) in [5.74, 6) is 4.82. The Morgan fingerprint density at radius 1 is 1.11 bits per heavy atom. The zero-order valence-corrected chi connectivity index (χ0v) is 18.8. The Morgan fingerprint density at radius 2 is 1.89 bits per heavy atom. The van der Waals surface area contributed by atoms with E-state index in [1.807, 2.05) is 14.0 Å². The smallest absolute Gasteiger partial charge is 0.147 e. The summed E-state index contributed by atoms with van der Waals surface area (Å²) in [6.07, 6.45) is 9.23. The molecule has 3 nitrogen and oxygen atoms in total. The molecule has 0 bridgehead atoms. The first kappa shape index (κ1) is 20.3. The lowest BCUT2D eigenvalue weighted by molar-refractivity contribution is -0.141. The highest BCUT2D eigenvalue weighted by Crippen LogP contribution is 2.65. The van der Waals surface area contributed by atoms with E-state index in [0.29, 0.717) is 28.9 Å². The Bertz CT molecular complexity index is 576. The first-order valence-corrected chi connectivity index (χ1v) is 12.2. The van der Waals surface area contributed by atoms with Crippen molar-refractivity contribution in [2.24, 2.45) is 46.8 Å². The number of carbonyl (C=O) groups excluding carboxylic acids is 1. The third-order valence-electron chi connectivity index (χ3n) is 9.25. The third kappa shape index (κ3) is 3.36.